The summed E-state index contributed by atoms with van der Waals surface area (Å²) in [5.41, 5.74) is 0.918. The van der Waals surface area contributed by atoms with Gasteiger partial charge >= 0.3 is 0 Å². The van der Waals surface area contributed by atoms with Crippen molar-refractivity contribution in [3.8, 4) is 0 Å². The molecule has 0 bridgehead atoms. The minimum atomic E-state index is -0.489. The first-order valence-corrected chi connectivity index (χ1v) is 6.80. The fraction of sp³-hybridized carbons (Fsp3) is 0.533. The maximum atomic E-state index is 12.6. The Morgan fingerprint density at radius 1 is 1.40 bits per heavy atom. The summed E-state index contributed by atoms with van der Waals surface area (Å²) in [5.74, 6) is 0.0636. The Hall–Kier alpha value is -1.10. The number of carbonyl (C=O) groups excluding carboxylic acids is 1. The first kappa shape index (κ1) is 17.0. The summed E-state index contributed by atoms with van der Waals surface area (Å²) in [4.78, 5) is 14.5. The molecule has 2 unspecified atom stereocenters. The van der Waals surface area contributed by atoms with E-state index in [4.69, 9.17) is 4.74 Å². The molecule has 1 amide bonds. The zero-order valence-electron chi connectivity index (χ0n) is 12.0. The van der Waals surface area contributed by atoms with Gasteiger partial charge in [-0.3, -0.25) is 4.79 Å². The third kappa shape index (κ3) is 3.95. The number of hydrogen-bond acceptors (Lipinski definition) is 3. The van der Waals surface area contributed by atoms with Crippen LogP contribution in [0.4, 0.5) is 0 Å². The summed E-state index contributed by atoms with van der Waals surface area (Å²) in [6.45, 7) is 1.59. The van der Waals surface area contributed by atoms with E-state index in [9.17, 15) is 4.79 Å². The van der Waals surface area contributed by atoms with Crippen LogP contribution < -0.4 is 5.32 Å². The standard InChI is InChI=1S/C15H22N2O2.ClH/c1-16-13-9-6-10-17(11-13)15(18)14(19-2)12-7-4-3-5-8-12;/h3-5,7-8,13-14,16H,6,9-11H2,1-2H3;1H. The zero-order valence-corrected chi connectivity index (χ0v) is 12.9. The minimum Gasteiger partial charge on any atom is -0.367 e. The second kappa shape index (κ2) is 8.25. The second-order valence-electron chi connectivity index (χ2n) is 4.94. The van der Waals surface area contributed by atoms with Crippen molar-refractivity contribution in [2.75, 3.05) is 27.2 Å². The average molecular weight is 299 g/mol. The third-order valence-corrected chi connectivity index (χ3v) is 3.70. The van der Waals surface area contributed by atoms with Gasteiger partial charge in [-0.25, -0.2) is 0 Å². The number of amides is 1. The molecule has 1 N–H and O–H groups in total. The van der Waals surface area contributed by atoms with Crippen LogP contribution >= 0.6 is 12.4 Å². The van der Waals surface area contributed by atoms with Crippen LogP contribution in [0.2, 0.25) is 0 Å². The summed E-state index contributed by atoms with van der Waals surface area (Å²) in [7, 11) is 3.54. The lowest BCUT2D eigenvalue weighted by atomic mass is 10.0. The Bertz CT molecular complexity index is 414. The highest BCUT2D eigenvalue weighted by Crippen LogP contribution is 2.21. The molecule has 1 aromatic carbocycles. The first-order chi connectivity index (χ1) is 9.26. The van der Waals surface area contributed by atoms with Crippen LogP contribution in [0.1, 0.15) is 24.5 Å². The molecule has 112 valence electrons. The maximum absolute atomic E-state index is 12.6. The van der Waals surface area contributed by atoms with Crippen molar-refractivity contribution in [2.45, 2.75) is 25.0 Å². The number of likely N-dealkylation sites (tertiary alicyclic amines) is 1. The van der Waals surface area contributed by atoms with Gasteiger partial charge in [0.15, 0.2) is 6.10 Å². The Morgan fingerprint density at radius 3 is 2.70 bits per heavy atom. The van der Waals surface area contributed by atoms with E-state index in [1.807, 2.05) is 42.3 Å². The van der Waals surface area contributed by atoms with Crippen molar-refractivity contribution < 1.29 is 9.53 Å². The predicted octanol–water partition coefficient (Wildman–Crippen LogP) is 2.01. The van der Waals surface area contributed by atoms with E-state index in [0.717, 1.165) is 31.5 Å². The minimum absolute atomic E-state index is 0. The molecular weight excluding hydrogens is 276 g/mol. The van der Waals surface area contributed by atoms with Gasteiger partial charge in [-0.1, -0.05) is 30.3 Å². The van der Waals surface area contributed by atoms with E-state index in [1.54, 1.807) is 7.11 Å². The number of hydrogen-bond donors (Lipinski definition) is 1. The Labute approximate surface area is 126 Å². The second-order valence-corrected chi connectivity index (χ2v) is 4.94. The highest BCUT2D eigenvalue weighted by molar-refractivity contribution is 5.85. The summed E-state index contributed by atoms with van der Waals surface area (Å²) in [5, 5.41) is 3.25. The Kier molecular flexibility index (Phi) is 6.99. The first-order valence-electron chi connectivity index (χ1n) is 6.80. The summed E-state index contributed by atoms with van der Waals surface area (Å²) in [6.07, 6.45) is 1.68. The molecule has 0 aromatic heterocycles. The van der Waals surface area contributed by atoms with Crippen molar-refractivity contribution in [2.24, 2.45) is 0 Å². The lowest BCUT2D eigenvalue weighted by Gasteiger charge is -2.34. The molecular formula is C15H23ClN2O2. The Morgan fingerprint density at radius 2 is 2.10 bits per heavy atom. The van der Waals surface area contributed by atoms with Gasteiger partial charge in [-0.2, -0.15) is 0 Å². The number of halogens is 1. The quantitative estimate of drug-likeness (QED) is 0.924. The van der Waals surface area contributed by atoms with Crippen LogP contribution in [0.5, 0.6) is 0 Å². The number of benzene rings is 1. The molecule has 0 aliphatic carbocycles. The van der Waals surface area contributed by atoms with E-state index < -0.39 is 6.10 Å². The van der Waals surface area contributed by atoms with Crippen molar-refractivity contribution in [3.05, 3.63) is 35.9 Å². The number of nitrogens with one attached hydrogen (secondary N) is 1. The third-order valence-electron chi connectivity index (χ3n) is 3.70. The van der Waals surface area contributed by atoms with E-state index in [-0.39, 0.29) is 18.3 Å². The monoisotopic (exact) mass is 298 g/mol. The summed E-state index contributed by atoms with van der Waals surface area (Å²) < 4.78 is 5.41. The van der Waals surface area contributed by atoms with Crippen LogP contribution in [0.15, 0.2) is 30.3 Å². The average Bonchev–Trinajstić information content (AvgIpc) is 2.49. The molecule has 1 fully saturated rings. The molecule has 0 saturated carbocycles. The maximum Gasteiger partial charge on any atom is 0.256 e. The summed E-state index contributed by atoms with van der Waals surface area (Å²) >= 11 is 0. The van der Waals surface area contributed by atoms with E-state index in [1.165, 1.54) is 0 Å². The van der Waals surface area contributed by atoms with Gasteiger partial charge < -0.3 is 15.0 Å². The molecule has 1 aromatic rings. The Balaban J connectivity index is 0.00000200. The van der Waals surface area contributed by atoms with Crippen LogP contribution in [-0.2, 0) is 9.53 Å². The fourth-order valence-corrected chi connectivity index (χ4v) is 2.59. The van der Waals surface area contributed by atoms with Gasteiger partial charge in [-0.05, 0) is 25.5 Å². The molecule has 20 heavy (non-hydrogen) atoms. The highest BCUT2D eigenvalue weighted by atomic mass is 35.5. The number of rotatable bonds is 4. The van der Waals surface area contributed by atoms with Gasteiger partial charge in [-0.15, -0.1) is 12.4 Å². The van der Waals surface area contributed by atoms with Crippen molar-refractivity contribution in [3.63, 3.8) is 0 Å². The SMILES string of the molecule is CNC1CCCN(C(=O)C(OC)c2ccccc2)C1.Cl. The smallest absolute Gasteiger partial charge is 0.256 e. The van der Waals surface area contributed by atoms with Crippen LogP contribution in [0.3, 0.4) is 0 Å². The number of carbonyl (C=O) groups is 1. The topological polar surface area (TPSA) is 41.6 Å². The van der Waals surface area contributed by atoms with Crippen LogP contribution in [0.25, 0.3) is 0 Å². The largest absolute Gasteiger partial charge is 0.367 e. The molecule has 1 aliphatic heterocycles. The molecule has 4 nitrogen and oxygen atoms in total. The van der Waals surface area contributed by atoms with Gasteiger partial charge in [0.05, 0.1) is 0 Å². The molecule has 1 heterocycles. The molecule has 1 aliphatic rings. The molecule has 2 atom stereocenters. The molecule has 2 rings (SSSR count). The number of ether oxygens (including phenoxy) is 1. The highest BCUT2D eigenvalue weighted by Gasteiger charge is 2.29. The van der Waals surface area contributed by atoms with Crippen molar-refractivity contribution in [1.82, 2.24) is 10.2 Å². The van der Waals surface area contributed by atoms with Crippen LogP contribution in [0, 0.1) is 0 Å². The lowest BCUT2D eigenvalue weighted by Crippen LogP contribution is -2.48. The molecule has 5 heteroatoms. The zero-order chi connectivity index (χ0) is 13.7. The van der Waals surface area contributed by atoms with Gasteiger partial charge in [0.1, 0.15) is 0 Å². The molecule has 1 saturated heterocycles. The van der Waals surface area contributed by atoms with Gasteiger partial charge in [0.2, 0.25) is 0 Å². The van der Waals surface area contributed by atoms with Gasteiger partial charge in [0, 0.05) is 26.2 Å². The lowest BCUT2D eigenvalue weighted by molar-refractivity contribution is -0.143. The number of nitrogens with zero attached hydrogens (tertiary/aromatic N) is 1. The van der Waals surface area contributed by atoms with E-state index in [2.05, 4.69) is 5.32 Å². The normalized spacial score (nSPS) is 20.1. The van der Waals surface area contributed by atoms with E-state index in [0.29, 0.717) is 6.04 Å². The summed E-state index contributed by atoms with van der Waals surface area (Å²) in [6, 6.07) is 10.1. The number of methoxy groups -OCH3 is 1. The fourth-order valence-electron chi connectivity index (χ4n) is 2.59. The molecule has 0 spiro atoms. The molecule has 0 radical (unpaired) electrons. The number of piperidine rings is 1. The van der Waals surface area contributed by atoms with E-state index >= 15 is 0 Å². The predicted molar refractivity (Wildman–Crippen MR) is 82.1 cm³/mol. The van der Waals surface area contributed by atoms with Gasteiger partial charge in [0.25, 0.3) is 5.91 Å². The van der Waals surface area contributed by atoms with Crippen molar-refractivity contribution >= 4 is 18.3 Å². The van der Waals surface area contributed by atoms with Crippen molar-refractivity contribution in [1.29, 1.82) is 0 Å². The number of likely N-dealkylation sites (N-methyl/N-ethyl adjacent to an activating group) is 1. The van der Waals surface area contributed by atoms with Crippen LogP contribution in [-0.4, -0.2) is 44.1 Å².